The van der Waals surface area contributed by atoms with E-state index in [0.29, 0.717) is 8.17 Å². The smallest absolute Gasteiger partial charge is 0.316 e. The van der Waals surface area contributed by atoms with Crippen molar-refractivity contribution in [1.82, 2.24) is 4.98 Å². The summed E-state index contributed by atoms with van der Waals surface area (Å²) in [5.74, 6) is 0. The summed E-state index contributed by atoms with van der Waals surface area (Å²) in [6, 6.07) is -0.696. The van der Waals surface area contributed by atoms with Crippen LogP contribution in [0.5, 0.6) is 0 Å². The topological polar surface area (TPSA) is 38.9 Å². The van der Waals surface area contributed by atoms with Gasteiger partial charge in [-0.1, -0.05) is 0 Å². The van der Waals surface area contributed by atoms with Crippen molar-refractivity contribution >= 4 is 38.5 Å². The van der Waals surface area contributed by atoms with Crippen molar-refractivity contribution in [2.24, 2.45) is 5.73 Å². The van der Waals surface area contributed by atoms with Gasteiger partial charge in [0.2, 0.25) is 0 Å². The Morgan fingerprint density at radius 1 is 1.50 bits per heavy atom. The first kappa shape index (κ1) is 12.2. The van der Waals surface area contributed by atoms with E-state index in [4.69, 9.17) is 5.73 Å². The van der Waals surface area contributed by atoms with Crippen LogP contribution in [0.25, 0.3) is 0 Å². The third kappa shape index (κ3) is 2.57. The number of alkyl halides is 3. The zero-order valence-electron chi connectivity index (χ0n) is 6.65. The predicted molar refractivity (Wildman–Crippen MR) is 57.6 cm³/mol. The van der Waals surface area contributed by atoms with Crippen LogP contribution in [-0.4, -0.2) is 11.2 Å². The molecule has 14 heavy (non-hydrogen) atoms. The van der Waals surface area contributed by atoms with Crippen molar-refractivity contribution < 1.29 is 13.2 Å². The highest BCUT2D eigenvalue weighted by Gasteiger charge is 2.39. The minimum atomic E-state index is -4.43. The molecule has 0 saturated heterocycles. The normalized spacial score (nSPS) is 14.1. The van der Waals surface area contributed by atoms with Crippen LogP contribution in [0.1, 0.15) is 11.6 Å². The number of nitrogens with two attached hydrogens (primary N) is 1. The van der Waals surface area contributed by atoms with Gasteiger partial charge in [-0.05, 0) is 50.2 Å². The molecule has 0 radical (unpaired) electrons. The standard InChI is InChI=1S/C7H5BrF3IN2/c8-6-4(12)3(1-2-14-6)5(13)7(9,10)11/h1-2,5H,13H2. The van der Waals surface area contributed by atoms with Gasteiger partial charge in [0.05, 0.1) is 3.57 Å². The second-order valence-electron chi connectivity index (χ2n) is 2.52. The molecule has 7 heteroatoms. The lowest BCUT2D eigenvalue weighted by atomic mass is 10.1. The molecule has 1 atom stereocenters. The van der Waals surface area contributed by atoms with Crippen molar-refractivity contribution in [3.8, 4) is 0 Å². The van der Waals surface area contributed by atoms with Gasteiger partial charge in [0.25, 0.3) is 0 Å². The van der Waals surface area contributed by atoms with Crippen LogP contribution in [0, 0.1) is 3.57 Å². The summed E-state index contributed by atoms with van der Waals surface area (Å²) in [6.07, 6.45) is -3.14. The predicted octanol–water partition coefficient (Wildman–Crippen LogP) is 3.01. The molecule has 0 saturated carbocycles. The summed E-state index contributed by atoms with van der Waals surface area (Å²) in [4.78, 5) is 3.79. The SMILES string of the molecule is NC(c1ccnc(Br)c1I)C(F)(F)F. The molecular formula is C7H5BrF3IN2. The average Bonchev–Trinajstić information content (AvgIpc) is 2.07. The van der Waals surface area contributed by atoms with Crippen LogP contribution in [-0.2, 0) is 0 Å². The van der Waals surface area contributed by atoms with Crippen LogP contribution in [0.15, 0.2) is 16.9 Å². The van der Waals surface area contributed by atoms with Crippen molar-refractivity contribution in [2.75, 3.05) is 0 Å². The second-order valence-corrected chi connectivity index (χ2v) is 4.35. The lowest BCUT2D eigenvalue weighted by Gasteiger charge is -2.17. The second kappa shape index (κ2) is 4.31. The molecule has 0 aliphatic heterocycles. The quantitative estimate of drug-likeness (QED) is 0.601. The molecule has 78 valence electrons. The maximum absolute atomic E-state index is 12.3. The minimum absolute atomic E-state index is 0.0278. The average molecular weight is 381 g/mol. The molecule has 0 aliphatic carbocycles. The number of rotatable bonds is 1. The Hall–Kier alpha value is 0.110. The molecule has 1 rings (SSSR count). The Bertz CT molecular complexity index is 342. The lowest BCUT2D eigenvalue weighted by molar-refractivity contribution is -0.149. The van der Waals surface area contributed by atoms with E-state index in [0.717, 1.165) is 0 Å². The Balaban J connectivity index is 3.14. The van der Waals surface area contributed by atoms with Crippen LogP contribution >= 0.6 is 38.5 Å². The van der Waals surface area contributed by atoms with Gasteiger partial charge in [-0.25, -0.2) is 4.98 Å². The molecule has 1 aromatic rings. The Labute approximate surface area is 100 Å². The molecule has 0 amide bonds. The molecular weight excluding hydrogens is 376 g/mol. The highest BCUT2D eigenvalue weighted by atomic mass is 127. The van der Waals surface area contributed by atoms with E-state index in [2.05, 4.69) is 20.9 Å². The van der Waals surface area contributed by atoms with Crippen LogP contribution in [0.4, 0.5) is 13.2 Å². The molecule has 1 heterocycles. The fourth-order valence-corrected chi connectivity index (χ4v) is 1.85. The third-order valence-corrected chi connectivity index (χ3v) is 4.04. The molecule has 0 aromatic carbocycles. The first-order valence-corrected chi connectivity index (χ1v) is 5.33. The fraction of sp³-hybridized carbons (Fsp3) is 0.286. The summed E-state index contributed by atoms with van der Waals surface area (Å²) < 4.78 is 37.6. The van der Waals surface area contributed by atoms with Crippen molar-refractivity contribution in [1.29, 1.82) is 0 Å². The zero-order valence-corrected chi connectivity index (χ0v) is 10.4. The van der Waals surface area contributed by atoms with E-state index in [-0.39, 0.29) is 5.56 Å². The van der Waals surface area contributed by atoms with Gasteiger partial charge in [-0.2, -0.15) is 13.2 Å². The van der Waals surface area contributed by atoms with Gasteiger partial charge < -0.3 is 5.73 Å². The van der Waals surface area contributed by atoms with E-state index in [9.17, 15) is 13.2 Å². The summed E-state index contributed by atoms with van der Waals surface area (Å²) in [5.41, 5.74) is 5.09. The Morgan fingerprint density at radius 2 is 2.07 bits per heavy atom. The first-order valence-electron chi connectivity index (χ1n) is 3.46. The highest BCUT2D eigenvalue weighted by molar-refractivity contribution is 14.1. The van der Waals surface area contributed by atoms with Gasteiger partial charge >= 0.3 is 6.18 Å². The number of hydrogen-bond donors (Lipinski definition) is 1. The molecule has 1 aromatic heterocycles. The Morgan fingerprint density at radius 3 is 2.57 bits per heavy atom. The van der Waals surface area contributed by atoms with Gasteiger partial charge in [-0.3, -0.25) is 0 Å². The van der Waals surface area contributed by atoms with Gasteiger partial charge in [0.1, 0.15) is 10.6 Å². The maximum atomic E-state index is 12.3. The largest absolute Gasteiger partial charge is 0.407 e. The van der Waals surface area contributed by atoms with Gasteiger partial charge in [0.15, 0.2) is 0 Å². The summed E-state index contributed by atoms with van der Waals surface area (Å²) in [6.45, 7) is 0. The van der Waals surface area contributed by atoms with E-state index in [1.807, 2.05) is 0 Å². The molecule has 0 spiro atoms. The van der Waals surface area contributed by atoms with Crippen LogP contribution in [0.2, 0.25) is 0 Å². The van der Waals surface area contributed by atoms with Crippen LogP contribution < -0.4 is 5.73 Å². The van der Waals surface area contributed by atoms with E-state index in [1.54, 1.807) is 22.6 Å². The van der Waals surface area contributed by atoms with E-state index in [1.165, 1.54) is 12.3 Å². The number of nitrogens with zero attached hydrogens (tertiary/aromatic N) is 1. The Kier molecular flexibility index (Phi) is 3.75. The molecule has 1 unspecified atom stereocenters. The zero-order chi connectivity index (χ0) is 10.9. The summed E-state index contributed by atoms with van der Waals surface area (Å²) in [5, 5.41) is 0. The number of pyridine rings is 1. The number of halogens is 5. The van der Waals surface area contributed by atoms with Crippen molar-refractivity contribution in [3.63, 3.8) is 0 Å². The molecule has 0 fully saturated rings. The van der Waals surface area contributed by atoms with Crippen molar-refractivity contribution in [3.05, 3.63) is 26.0 Å². The third-order valence-electron chi connectivity index (χ3n) is 1.56. The van der Waals surface area contributed by atoms with E-state index < -0.39 is 12.2 Å². The summed E-state index contributed by atoms with van der Waals surface area (Å²) in [7, 11) is 0. The molecule has 0 aliphatic rings. The minimum Gasteiger partial charge on any atom is -0.316 e. The lowest BCUT2D eigenvalue weighted by Crippen LogP contribution is -2.29. The fourth-order valence-electron chi connectivity index (χ4n) is 0.848. The maximum Gasteiger partial charge on any atom is 0.407 e. The highest BCUT2D eigenvalue weighted by Crippen LogP contribution is 2.34. The van der Waals surface area contributed by atoms with E-state index >= 15 is 0 Å². The van der Waals surface area contributed by atoms with Gasteiger partial charge in [0, 0.05) is 6.20 Å². The van der Waals surface area contributed by atoms with Crippen LogP contribution in [0.3, 0.4) is 0 Å². The van der Waals surface area contributed by atoms with Gasteiger partial charge in [-0.15, -0.1) is 0 Å². The number of aromatic nitrogens is 1. The van der Waals surface area contributed by atoms with Crippen molar-refractivity contribution in [2.45, 2.75) is 12.2 Å². The first-order chi connectivity index (χ1) is 6.34. The molecule has 2 N–H and O–H groups in total. The summed E-state index contributed by atoms with van der Waals surface area (Å²) >= 11 is 4.81. The molecule has 2 nitrogen and oxygen atoms in total. The monoisotopic (exact) mass is 380 g/mol. The molecule has 0 bridgehead atoms. The number of hydrogen-bond acceptors (Lipinski definition) is 2.